The van der Waals surface area contributed by atoms with Crippen LogP contribution in [0.5, 0.6) is 0 Å². The van der Waals surface area contributed by atoms with E-state index in [0.29, 0.717) is 12.6 Å². The molecule has 0 unspecified atom stereocenters. The monoisotopic (exact) mass is 467 g/mol. The van der Waals surface area contributed by atoms with Crippen molar-refractivity contribution in [3.05, 3.63) is 66.0 Å². The summed E-state index contributed by atoms with van der Waals surface area (Å²) in [6.07, 6.45) is -1.40. The Hall–Kier alpha value is -4.13. The van der Waals surface area contributed by atoms with Crippen LogP contribution < -0.4 is 10.2 Å². The zero-order valence-electron chi connectivity index (χ0n) is 18.3. The Morgan fingerprint density at radius 1 is 1.15 bits per heavy atom. The first-order valence-corrected chi connectivity index (χ1v) is 10.4. The Kier molecular flexibility index (Phi) is 5.65. The van der Waals surface area contributed by atoms with Gasteiger partial charge in [0.15, 0.2) is 0 Å². The SMILES string of the molecule is CC1(C)C(=O)N(c2ccc(C#N)c(C(F)(F)F)c2)C(=O)N1CCNc1cccc2ccncc12. The second-order valence-corrected chi connectivity index (χ2v) is 8.30. The van der Waals surface area contributed by atoms with Gasteiger partial charge >= 0.3 is 12.2 Å². The molecule has 1 saturated heterocycles. The maximum absolute atomic E-state index is 13.4. The highest BCUT2D eigenvalue weighted by molar-refractivity contribution is 6.23. The second kappa shape index (κ2) is 8.33. The summed E-state index contributed by atoms with van der Waals surface area (Å²) in [5.41, 5.74) is -2.48. The molecule has 1 aliphatic rings. The van der Waals surface area contributed by atoms with Crippen LogP contribution in [0.15, 0.2) is 54.9 Å². The number of aromatic nitrogens is 1. The van der Waals surface area contributed by atoms with Crippen molar-refractivity contribution in [2.45, 2.75) is 25.6 Å². The molecule has 2 aromatic carbocycles. The molecule has 0 saturated carbocycles. The molecule has 1 aromatic heterocycles. The van der Waals surface area contributed by atoms with Gasteiger partial charge in [-0.15, -0.1) is 0 Å². The highest BCUT2D eigenvalue weighted by Gasteiger charge is 2.52. The van der Waals surface area contributed by atoms with Gasteiger partial charge in [-0.1, -0.05) is 12.1 Å². The second-order valence-electron chi connectivity index (χ2n) is 8.30. The fraction of sp³-hybridized carbons (Fsp3) is 0.250. The maximum atomic E-state index is 13.4. The highest BCUT2D eigenvalue weighted by Crippen LogP contribution is 2.37. The van der Waals surface area contributed by atoms with Crippen LogP contribution in [0.3, 0.4) is 0 Å². The molecule has 2 heterocycles. The molecule has 0 radical (unpaired) electrons. The smallest absolute Gasteiger partial charge is 0.383 e. The minimum absolute atomic E-state index is 0.132. The summed E-state index contributed by atoms with van der Waals surface area (Å²) in [6.45, 7) is 3.52. The van der Waals surface area contributed by atoms with Gasteiger partial charge in [0.25, 0.3) is 5.91 Å². The molecule has 0 atom stereocenters. The molecule has 3 amide bonds. The number of hydrogen-bond donors (Lipinski definition) is 1. The lowest BCUT2D eigenvalue weighted by molar-refractivity contribution is -0.137. The molecule has 1 fully saturated rings. The van der Waals surface area contributed by atoms with E-state index in [0.717, 1.165) is 27.4 Å². The fourth-order valence-corrected chi connectivity index (χ4v) is 4.01. The summed E-state index contributed by atoms with van der Waals surface area (Å²) in [7, 11) is 0. The van der Waals surface area contributed by atoms with Gasteiger partial charge in [-0.25, -0.2) is 9.69 Å². The van der Waals surface area contributed by atoms with Crippen molar-refractivity contribution in [1.82, 2.24) is 9.88 Å². The van der Waals surface area contributed by atoms with Crippen molar-refractivity contribution in [1.29, 1.82) is 5.26 Å². The zero-order chi connectivity index (χ0) is 24.7. The van der Waals surface area contributed by atoms with E-state index < -0.39 is 34.8 Å². The lowest BCUT2D eigenvalue weighted by Gasteiger charge is -2.28. The van der Waals surface area contributed by atoms with E-state index in [2.05, 4.69) is 10.3 Å². The van der Waals surface area contributed by atoms with Crippen LogP contribution in [-0.4, -0.2) is 40.5 Å². The molecule has 34 heavy (non-hydrogen) atoms. The number of nitrogens with one attached hydrogen (secondary N) is 1. The van der Waals surface area contributed by atoms with Crippen LogP contribution in [0.25, 0.3) is 10.8 Å². The molecular weight excluding hydrogens is 447 g/mol. The number of rotatable bonds is 5. The summed E-state index contributed by atoms with van der Waals surface area (Å²) >= 11 is 0. The number of amides is 3. The highest BCUT2D eigenvalue weighted by atomic mass is 19.4. The van der Waals surface area contributed by atoms with Gasteiger partial charge in [0, 0.05) is 36.6 Å². The summed E-state index contributed by atoms with van der Waals surface area (Å²) < 4.78 is 40.2. The molecule has 1 N–H and O–H groups in total. The molecule has 4 rings (SSSR count). The third-order valence-electron chi connectivity index (χ3n) is 5.85. The lowest BCUT2D eigenvalue weighted by atomic mass is 10.0. The number of nitriles is 1. The van der Waals surface area contributed by atoms with Crippen molar-refractivity contribution in [3.63, 3.8) is 0 Å². The van der Waals surface area contributed by atoms with Gasteiger partial charge in [-0.3, -0.25) is 9.78 Å². The topological polar surface area (TPSA) is 89.3 Å². The first-order chi connectivity index (χ1) is 16.1. The van der Waals surface area contributed by atoms with Crippen molar-refractivity contribution in [2.24, 2.45) is 0 Å². The average molecular weight is 467 g/mol. The van der Waals surface area contributed by atoms with Crippen LogP contribution in [0, 0.1) is 11.3 Å². The Labute approximate surface area is 193 Å². The quantitative estimate of drug-likeness (QED) is 0.546. The number of anilines is 2. The van der Waals surface area contributed by atoms with Gasteiger partial charge in [0.2, 0.25) is 0 Å². The van der Waals surface area contributed by atoms with Crippen molar-refractivity contribution in [2.75, 3.05) is 23.3 Å². The van der Waals surface area contributed by atoms with E-state index in [-0.39, 0.29) is 12.2 Å². The maximum Gasteiger partial charge on any atom is 0.417 e. The number of hydrogen-bond acceptors (Lipinski definition) is 5. The number of urea groups is 1. The Morgan fingerprint density at radius 2 is 1.91 bits per heavy atom. The van der Waals surface area contributed by atoms with Crippen LogP contribution in [0.2, 0.25) is 0 Å². The van der Waals surface area contributed by atoms with Crippen molar-refractivity contribution < 1.29 is 22.8 Å². The number of carbonyl (C=O) groups excluding carboxylic acids is 2. The van der Waals surface area contributed by atoms with Crippen LogP contribution >= 0.6 is 0 Å². The number of alkyl halides is 3. The van der Waals surface area contributed by atoms with Crippen LogP contribution in [-0.2, 0) is 11.0 Å². The van der Waals surface area contributed by atoms with Crippen molar-refractivity contribution >= 4 is 34.1 Å². The third kappa shape index (κ3) is 3.90. The molecular formula is C24H20F3N5O2. The normalized spacial score (nSPS) is 15.6. The number of halogens is 3. The molecule has 0 aliphatic carbocycles. The van der Waals surface area contributed by atoms with Gasteiger partial charge in [-0.05, 0) is 49.6 Å². The molecule has 0 spiro atoms. The zero-order valence-corrected chi connectivity index (χ0v) is 18.3. The standard InChI is InChI=1S/C24H20F3N5O2/c1-23(2)21(33)32(17-7-6-16(13-28)19(12-17)24(25,26)27)22(34)31(23)11-10-30-20-5-3-4-15-8-9-29-14-18(15)20/h3-9,12,14,30H,10-11H2,1-2H3. The molecule has 7 nitrogen and oxygen atoms in total. The first-order valence-electron chi connectivity index (χ1n) is 10.4. The summed E-state index contributed by atoms with van der Waals surface area (Å²) in [6, 6.07) is 11.1. The molecule has 1 aliphatic heterocycles. The van der Waals surface area contributed by atoms with Crippen LogP contribution in [0.1, 0.15) is 25.0 Å². The Morgan fingerprint density at radius 3 is 2.62 bits per heavy atom. The summed E-state index contributed by atoms with van der Waals surface area (Å²) in [4.78, 5) is 32.4. The number of pyridine rings is 1. The van der Waals surface area contributed by atoms with Gasteiger partial charge in [0.1, 0.15) is 5.54 Å². The van der Waals surface area contributed by atoms with Gasteiger partial charge in [-0.2, -0.15) is 18.4 Å². The van der Waals surface area contributed by atoms with E-state index in [1.54, 1.807) is 26.2 Å². The number of fused-ring (bicyclic) bond motifs is 1. The molecule has 10 heteroatoms. The average Bonchev–Trinajstić information content (AvgIpc) is 2.97. The molecule has 174 valence electrons. The summed E-state index contributed by atoms with van der Waals surface area (Å²) in [5, 5.41) is 14.1. The predicted molar refractivity (Wildman–Crippen MR) is 120 cm³/mol. The van der Waals surface area contributed by atoms with E-state index in [1.165, 1.54) is 17.0 Å². The minimum Gasteiger partial charge on any atom is -0.383 e. The molecule has 0 bridgehead atoms. The fourth-order valence-electron chi connectivity index (χ4n) is 4.01. The number of carbonyl (C=O) groups is 2. The van der Waals surface area contributed by atoms with E-state index in [4.69, 9.17) is 5.26 Å². The number of nitrogens with zero attached hydrogens (tertiary/aromatic N) is 4. The number of imide groups is 1. The van der Waals surface area contributed by atoms with Gasteiger partial charge < -0.3 is 10.2 Å². The van der Waals surface area contributed by atoms with Crippen molar-refractivity contribution in [3.8, 4) is 6.07 Å². The van der Waals surface area contributed by atoms with E-state index >= 15 is 0 Å². The number of benzene rings is 2. The molecule has 3 aromatic rings. The Balaban J connectivity index is 1.57. The largest absolute Gasteiger partial charge is 0.417 e. The predicted octanol–water partition coefficient (Wildman–Crippen LogP) is 4.78. The third-order valence-corrected chi connectivity index (χ3v) is 5.85. The van der Waals surface area contributed by atoms with Gasteiger partial charge in [0.05, 0.1) is 22.9 Å². The van der Waals surface area contributed by atoms with E-state index in [9.17, 15) is 22.8 Å². The Bertz CT molecular complexity index is 1320. The first kappa shape index (κ1) is 23.0. The summed E-state index contributed by atoms with van der Waals surface area (Å²) in [5.74, 6) is -0.648. The lowest BCUT2D eigenvalue weighted by Crippen LogP contribution is -2.46. The minimum atomic E-state index is -4.81. The van der Waals surface area contributed by atoms with E-state index in [1.807, 2.05) is 24.3 Å². The van der Waals surface area contributed by atoms with Crippen LogP contribution in [0.4, 0.5) is 29.3 Å².